The first-order valence-corrected chi connectivity index (χ1v) is 9.71. The molecule has 2 heterocycles. The van der Waals surface area contributed by atoms with Gasteiger partial charge in [0.25, 0.3) is 0 Å². The molecule has 0 bridgehead atoms. The molecule has 4 rings (SSSR count). The number of thiazole rings is 2. The minimum absolute atomic E-state index is 0.0197. The van der Waals surface area contributed by atoms with Crippen LogP contribution < -0.4 is 10.2 Å². The predicted octanol–water partition coefficient (Wildman–Crippen LogP) is 3.43. The van der Waals surface area contributed by atoms with Crippen molar-refractivity contribution in [3.8, 4) is 0 Å². The summed E-state index contributed by atoms with van der Waals surface area (Å²) < 4.78 is 2.63. The lowest BCUT2D eigenvalue weighted by atomic mass is 10.0. The van der Waals surface area contributed by atoms with Crippen LogP contribution in [-0.4, -0.2) is 15.5 Å². The summed E-state index contributed by atoms with van der Waals surface area (Å²) in [7, 11) is 0. The number of carbonyl (C=O) groups excluding carboxylic acids is 1. The molecule has 1 aromatic carbocycles. The number of hydrogen-bond acceptors (Lipinski definition) is 5. The van der Waals surface area contributed by atoms with E-state index < -0.39 is 0 Å². The van der Waals surface area contributed by atoms with E-state index in [-0.39, 0.29) is 17.2 Å². The number of aryl methyl sites for hydroxylation is 3. The van der Waals surface area contributed by atoms with E-state index in [1.54, 1.807) is 15.9 Å². The smallest absolute Gasteiger partial charge is 0.302 e. The van der Waals surface area contributed by atoms with Gasteiger partial charge in [-0.1, -0.05) is 23.5 Å². The van der Waals surface area contributed by atoms with Crippen molar-refractivity contribution >= 4 is 43.9 Å². The van der Waals surface area contributed by atoms with E-state index in [1.165, 1.54) is 29.1 Å². The molecule has 0 saturated carbocycles. The largest absolute Gasteiger partial charge is 0.308 e. The van der Waals surface area contributed by atoms with Crippen LogP contribution >= 0.6 is 22.7 Å². The van der Waals surface area contributed by atoms with Crippen LogP contribution in [0.2, 0.25) is 0 Å². The van der Waals surface area contributed by atoms with Gasteiger partial charge in [0.1, 0.15) is 0 Å². The summed E-state index contributed by atoms with van der Waals surface area (Å²) in [5.41, 5.74) is 2.03. The Morgan fingerprint density at radius 2 is 2.04 bits per heavy atom. The number of amides is 1. The Bertz CT molecular complexity index is 931. The van der Waals surface area contributed by atoms with Crippen molar-refractivity contribution in [1.82, 2.24) is 9.55 Å². The number of aromatic nitrogens is 2. The first-order chi connectivity index (χ1) is 11.7. The predicted molar refractivity (Wildman–Crippen MR) is 98.1 cm³/mol. The summed E-state index contributed by atoms with van der Waals surface area (Å²) in [4.78, 5) is 30.1. The van der Waals surface area contributed by atoms with E-state index in [9.17, 15) is 9.59 Å². The Morgan fingerprint density at radius 1 is 1.21 bits per heavy atom. The van der Waals surface area contributed by atoms with Crippen molar-refractivity contribution in [3.63, 3.8) is 0 Å². The van der Waals surface area contributed by atoms with Crippen LogP contribution in [0.15, 0.2) is 29.1 Å². The third-order valence-electron chi connectivity index (χ3n) is 4.23. The standard InChI is InChI=1S/C17H17N3O2S2/c21-15(19-16-18-11-5-1-3-7-13(11)23-16)9-10-20-12-6-2-4-8-14(12)24-17(20)22/h2,4,6,8H,1,3,5,7,9-10H2,(H,18,19,21). The average molecular weight is 359 g/mol. The summed E-state index contributed by atoms with van der Waals surface area (Å²) in [5, 5.41) is 3.57. The molecule has 1 aliphatic rings. The molecule has 0 fully saturated rings. The highest BCUT2D eigenvalue weighted by atomic mass is 32.1. The highest BCUT2D eigenvalue weighted by Crippen LogP contribution is 2.29. The Labute approximate surface area is 147 Å². The van der Waals surface area contributed by atoms with Gasteiger partial charge in [-0.3, -0.25) is 14.2 Å². The molecule has 7 heteroatoms. The lowest BCUT2D eigenvalue weighted by Gasteiger charge is -2.06. The maximum atomic E-state index is 12.2. The number of benzene rings is 1. The molecule has 0 unspecified atom stereocenters. The molecule has 124 valence electrons. The minimum atomic E-state index is -0.0942. The molecule has 0 spiro atoms. The number of anilines is 1. The number of para-hydroxylation sites is 1. The second-order valence-corrected chi connectivity index (χ2v) is 7.96. The number of fused-ring (bicyclic) bond motifs is 2. The summed E-state index contributed by atoms with van der Waals surface area (Å²) >= 11 is 2.80. The number of hydrogen-bond donors (Lipinski definition) is 1. The molecule has 0 atom stereocenters. The molecule has 5 nitrogen and oxygen atoms in total. The molecule has 3 aromatic rings. The Balaban J connectivity index is 1.44. The van der Waals surface area contributed by atoms with Crippen molar-refractivity contribution in [2.75, 3.05) is 5.32 Å². The molecule has 0 radical (unpaired) electrons. The normalized spacial score (nSPS) is 13.8. The van der Waals surface area contributed by atoms with Gasteiger partial charge in [0.2, 0.25) is 5.91 Å². The van der Waals surface area contributed by atoms with Crippen LogP contribution in [-0.2, 0) is 24.2 Å². The van der Waals surface area contributed by atoms with Crippen LogP contribution in [0.4, 0.5) is 5.13 Å². The maximum absolute atomic E-state index is 12.2. The van der Waals surface area contributed by atoms with Gasteiger partial charge in [0.15, 0.2) is 5.13 Å². The Morgan fingerprint density at radius 3 is 2.92 bits per heavy atom. The quantitative estimate of drug-likeness (QED) is 0.776. The monoisotopic (exact) mass is 359 g/mol. The van der Waals surface area contributed by atoms with Gasteiger partial charge in [-0.25, -0.2) is 4.98 Å². The van der Waals surface area contributed by atoms with Crippen molar-refractivity contribution in [2.45, 2.75) is 38.6 Å². The second-order valence-electron chi connectivity index (χ2n) is 5.88. The first-order valence-electron chi connectivity index (χ1n) is 8.07. The molecular formula is C17H17N3O2S2. The SMILES string of the molecule is O=C(CCn1c(=O)sc2ccccc21)Nc1nc2c(s1)CCCC2. The van der Waals surface area contributed by atoms with E-state index in [0.717, 1.165) is 28.8 Å². The van der Waals surface area contributed by atoms with E-state index in [0.29, 0.717) is 11.7 Å². The Hall–Kier alpha value is -1.99. The van der Waals surface area contributed by atoms with Crippen LogP contribution in [0.3, 0.4) is 0 Å². The summed E-state index contributed by atoms with van der Waals surface area (Å²) in [6.45, 7) is 0.389. The van der Waals surface area contributed by atoms with Crippen LogP contribution in [0.25, 0.3) is 10.2 Å². The number of nitrogens with one attached hydrogen (secondary N) is 1. The average Bonchev–Trinajstić information content (AvgIpc) is 3.12. The summed E-state index contributed by atoms with van der Waals surface area (Å²) in [6.07, 6.45) is 4.73. The zero-order valence-corrected chi connectivity index (χ0v) is 14.7. The van der Waals surface area contributed by atoms with E-state index >= 15 is 0 Å². The van der Waals surface area contributed by atoms with Gasteiger partial charge in [-0.05, 0) is 37.8 Å². The van der Waals surface area contributed by atoms with Crippen molar-refractivity contribution in [2.24, 2.45) is 0 Å². The minimum Gasteiger partial charge on any atom is -0.302 e. The molecular weight excluding hydrogens is 342 g/mol. The van der Waals surface area contributed by atoms with Crippen LogP contribution in [0, 0.1) is 0 Å². The van der Waals surface area contributed by atoms with Gasteiger partial charge in [-0.2, -0.15) is 0 Å². The van der Waals surface area contributed by atoms with E-state index in [4.69, 9.17) is 0 Å². The zero-order valence-electron chi connectivity index (χ0n) is 13.1. The van der Waals surface area contributed by atoms with Crippen molar-refractivity contribution < 1.29 is 4.79 Å². The number of nitrogens with zero attached hydrogens (tertiary/aromatic N) is 2. The fourth-order valence-corrected chi connectivity index (χ4v) is 5.01. The lowest BCUT2D eigenvalue weighted by Crippen LogP contribution is -2.19. The fourth-order valence-electron chi connectivity index (χ4n) is 3.03. The molecule has 0 saturated heterocycles. The van der Waals surface area contributed by atoms with E-state index in [2.05, 4.69) is 10.3 Å². The lowest BCUT2D eigenvalue weighted by molar-refractivity contribution is -0.116. The molecule has 1 aliphatic carbocycles. The van der Waals surface area contributed by atoms with Crippen LogP contribution in [0.5, 0.6) is 0 Å². The van der Waals surface area contributed by atoms with Gasteiger partial charge >= 0.3 is 4.87 Å². The maximum Gasteiger partial charge on any atom is 0.308 e. The fraction of sp³-hybridized carbons (Fsp3) is 0.353. The molecule has 24 heavy (non-hydrogen) atoms. The second kappa shape index (κ2) is 6.49. The van der Waals surface area contributed by atoms with E-state index in [1.807, 2.05) is 24.3 Å². The van der Waals surface area contributed by atoms with Gasteiger partial charge < -0.3 is 5.32 Å². The first kappa shape index (κ1) is 15.5. The van der Waals surface area contributed by atoms with Gasteiger partial charge in [-0.15, -0.1) is 11.3 Å². The third-order valence-corrected chi connectivity index (χ3v) is 6.26. The Kier molecular flexibility index (Phi) is 4.20. The highest BCUT2D eigenvalue weighted by molar-refractivity contribution is 7.16. The van der Waals surface area contributed by atoms with Crippen LogP contribution in [0.1, 0.15) is 29.8 Å². The molecule has 0 aliphatic heterocycles. The van der Waals surface area contributed by atoms with Gasteiger partial charge in [0.05, 0.1) is 15.9 Å². The third kappa shape index (κ3) is 3.01. The highest BCUT2D eigenvalue weighted by Gasteiger charge is 2.16. The van der Waals surface area contributed by atoms with Gasteiger partial charge in [0, 0.05) is 17.8 Å². The number of rotatable bonds is 4. The van der Waals surface area contributed by atoms with Crippen molar-refractivity contribution in [1.29, 1.82) is 0 Å². The number of carbonyl (C=O) groups is 1. The molecule has 1 N–H and O–H groups in total. The summed E-state index contributed by atoms with van der Waals surface area (Å²) in [6, 6.07) is 7.67. The summed E-state index contributed by atoms with van der Waals surface area (Å²) in [5.74, 6) is -0.0942. The molecule has 1 amide bonds. The topological polar surface area (TPSA) is 64.0 Å². The molecule has 2 aromatic heterocycles. The van der Waals surface area contributed by atoms with Crippen molar-refractivity contribution in [3.05, 3.63) is 44.5 Å². The zero-order chi connectivity index (χ0) is 16.5.